The molecule has 2 aromatic heterocycles. The third-order valence-corrected chi connectivity index (χ3v) is 3.97. The van der Waals surface area contributed by atoms with Crippen LogP contribution < -0.4 is 5.56 Å². The van der Waals surface area contributed by atoms with Crippen molar-refractivity contribution in [2.75, 3.05) is 19.7 Å². The Morgan fingerprint density at radius 3 is 3.00 bits per heavy atom. The van der Waals surface area contributed by atoms with E-state index in [1.807, 2.05) is 13.8 Å². The molecule has 8 heteroatoms. The largest absolute Gasteiger partial charge is 0.367 e. The number of amides is 1. The van der Waals surface area contributed by atoms with Crippen molar-refractivity contribution in [2.24, 2.45) is 0 Å². The first-order valence-corrected chi connectivity index (χ1v) is 8.01. The van der Waals surface area contributed by atoms with Crippen molar-refractivity contribution in [1.82, 2.24) is 24.6 Å². The molecule has 0 bridgehead atoms. The van der Waals surface area contributed by atoms with E-state index in [2.05, 4.69) is 15.2 Å². The van der Waals surface area contributed by atoms with Gasteiger partial charge in [-0.3, -0.25) is 14.7 Å². The van der Waals surface area contributed by atoms with Crippen LogP contribution in [0.4, 0.5) is 0 Å². The van der Waals surface area contributed by atoms with Crippen molar-refractivity contribution >= 4 is 5.91 Å². The highest BCUT2D eigenvalue weighted by Gasteiger charge is 2.28. The van der Waals surface area contributed by atoms with E-state index in [1.165, 1.54) is 10.6 Å². The zero-order valence-corrected chi connectivity index (χ0v) is 13.8. The number of pyridine rings is 1. The van der Waals surface area contributed by atoms with E-state index < -0.39 is 0 Å². The van der Waals surface area contributed by atoms with Crippen LogP contribution in [-0.2, 0) is 16.1 Å². The molecule has 0 radical (unpaired) electrons. The van der Waals surface area contributed by atoms with Crippen LogP contribution in [0.3, 0.4) is 0 Å². The maximum Gasteiger partial charge on any atom is 0.250 e. The fourth-order valence-corrected chi connectivity index (χ4v) is 2.57. The molecule has 1 fully saturated rings. The molecule has 0 spiro atoms. The molecule has 1 unspecified atom stereocenters. The lowest BCUT2D eigenvalue weighted by Crippen LogP contribution is -2.44. The Bertz CT molecular complexity index is 767. The van der Waals surface area contributed by atoms with Crippen molar-refractivity contribution in [1.29, 1.82) is 0 Å². The van der Waals surface area contributed by atoms with Gasteiger partial charge in [0.15, 0.2) is 11.6 Å². The van der Waals surface area contributed by atoms with Crippen molar-refractivity contribution in [3.63, 3.8) is 0 Å². The fourth-order valence-electron chi connectivity index (χ4n) is 2.57. The highest BCUT2D eigenvalue weighted by molar-refractivity contribution is 5.76. The number of morpholine rings is 1. The number of nitrogens with one attached hydrogen (secondary N) is 1. The average Bonchev–Trinajstić information content (AvgIpc) is 3.07. The molecule has 1 aliphatic rings. The number of carbonyl (C=O) groups is 1. The summed E-state index contributed by atoms with van der Waals surface area (Å²) in [6.07, 6.45) is 1.29. The molecule has 0 saturated carbocycles. The zero-order chi connectivity index (χ0) is 17.1. The molecule has 1 amide bonds. The Morgan fingerprint density at radius 1 is 1.46 bits per heavy atom. The van der Waals surface area contributed by atoms with Gasteiger partial charge in [0.2, 0.25) is 5.91 Å². The maximum absolute atomic E-state index is 12.5. The zero-order valence-electron chi connectivity index (χ0n) is 13.8. The summed E-state index contributed by atoms with van der Waals surface area (Å²) < 4.78 is 7.12. The highest BCUT2D eigenvalue weighted by Crippen LogP contribution is 2.20. The van der Waals surface area contributed by atoms with E-state index in [4.69, 9.17) is 4.74 Å². The molecular formula is C16H21N5O3. The Balaban J connectivity index is 1.67. The summed E-state index contributed by atoms with van der Waals surface area (Å²) in [5.41, 5.74) is -0.188. The molecule has 0 aliphatic carbocycles. The first-order valence-electron chi connectivity index (χ1n) is 8.01. The minimum absolute atomic E-state index is 0.0278. The molecule has 1 aliphatic heterocycles. The van der Waals surface area contributed by atoms with Gasteiger partial charge in [-0.15, -0.1) is 0 Å². The van der Waals surface area contributed by atoms with Crippen molar-refractivity contribution in [3.8, 4) is 0 Å². The minimum Gasteiger partial charge on any atom is -0.367 e. The Labute approximate surface area is 139 Å². The molecular weight excluding hydrogens is 310 g/mol. The third kappa shape index (κ3) is 3.53. The Hall–Kier alpha value is -2.48. The van der Waals surface area contributed by atoms with Gasteiger partial charge in [-0.25, -0.2) is 4.98 Å². The predicted octanol–water partition coefficient (Wildman–Crippen LogP) is 0.690. The molecule has 1 saturated heterocycles. The van der Waals surface area contributed by atoms with Crippen LogP contribution in [0.15, 0.2) is 29.2 Å². The number of hydrogen-bond acceptors (Lipinski definition) is 5. The van der Waals surface area contributed by atoms with Crippen molar-refractivity contribution in [3.05, 3.63) is 46.4 Å². The van der Waals surface area contributed by atoms with E-state index in [1.54, 1.807) is 23.2 Å². The number of aromatic amines is 1. The van der Waals surface area contributed by atoms with Gasteiger partial charge in [-0.2, -0.15) is 5.10 Å². The van der Waals surface area contributed by atoms with E-state index in [0.29, 0.717) is 25.5 Å². The van der Waals surface area contributed by atoms with Gasteiger partial charge in [0.1, 0.15) is 12.6 Å². The fraction of sp³-hybridized carbons (Fsp3) is 0.500. The second kappa shape index (κ2) is 6.96. The van der Waals surface area contributed by atoms with Crippen LogP contribution in [0, 0.1) is 0 Å². The number of H-pyrrole nitrogens is 1. The SMILES string of the molecule is CC(C)c1n[nH]c(C2CN(C(=O)Cn3ccccc3=O)CCO2)n1. The summed E-state index contributed by atoms with van der Waals surface area (Å²) in [5.74, 6) is 1.47. The summed E-state index contributed by atoms with van der Waals surface area (Å²) in [5, 5.41) is 7.07. The molecule has 0 aromatic carbocycles. The third-order valence-electron chi connectivity index (χ3n) is 3.97. The lowest BCUT2D eigenvalue weighted by Gasteiger charge is -2.32. The summed E-state index contributed by atoms with van der Waals surface area (Å²) in [4.78, 5) is 30.3. The van der Waals surface area contributed by atoms with Crippen LogP contribution in [0.25, 0.3) is 0 Å². The molecule has 1 N–H and O–H groups in total. The molecule has 3 rings (SSSR count). The van der Waals surface area contributed by atoms with Crippen LogP contribution in [-0.4, -0.2) is 50.3 Å². The monoisotopic (exact) mass is 331 g/mol. The first kappa shape index (κ1) is 16.4. The number of ether oxygens (including phenoxy) is 1. The average molecular weight is 331 g/mol. The number of carbonyl (C=O) groups excluding carboxylic acids is 1. The summed E-state index contributed by atoms with van der Waals surface area (Å²) in [6.45, 7) is 5.39. The van der Waals surface area contributed by atoms with Crippen molar-refractivity contribution in [2.45, 2.75) is 32.4 Å². The molecule has 1 atom stereocenters. The van der Waals surface area contributed by atoms with Gasteiger partial charge in [-0.1, -0.05) is 19.9 Å². The number of rotatable bonds is 4. The van der Waals surface area contributed by atoms with E-state index in [9.17, 15) is 9.59 Å². The van der Waals surface area contributed by atoms with Crippen LogP contribution in [0.2, 0.25) is 0 Å². The molecule has 128 valence electrons. The predicted molar refractivity (Wildman–Crippen MR) is 86.4 cm³/mol. The normalized spacial score (nSPS) is 18.1. The van der Waals surface area contributed by atoms with E-state index in [-0.39, 0.29) is 30.0 Å². The van der Waals surface area contributed by atoms with E-state index in [0.717, 1.165) is 5.82 Å². The standard InChI is InChI=1S/C16H21N5O3/c1-11(2)15-17-16(19-18-15)12-9-21(7-8-24-12)14(23)10-20-6-4-3-5-13(20)22/h3-6,11-12H,7-10H2,1-2H3,(H,17,18,19). The first-order chi connectivity index (χ1) is 11.5. The van der Waals surface area contributed by atoms with Gasteiger partial charge in [-0.05, 0) is 6.07 Å². The van der Waals surface area contributed by atoms with Crippen LogP contribution in [0.5, 0.6) is 0 Å². The number of hydrogen-bond donors (Lipinski definition) is 1. The highest BCUT2D eigenvalue weighted by atomic mass is 16.5. The lowest BCUT2D eigenvalue weighted by atomic mass is 10.2. The number of nitrogens with zero attached hydrogens (tertiary/aromatic N) is 4. The number of aromatic nitrogens is 4. The lowest BCUT2D eigenvalue weighted by molar-refractivity contribution is -0.140. The van der Waals surface area contributed by atoms with Crippen LogP contribution >= 0.6 is 0 Å². The topological polar surface area (TPSA) is 93.1 Å². The van der Waals surface area contributed by atoms with Gasteiger partial charge in [0.25, 0.3) is 5.56 Å². The second-order valence-corrected chi connectivity index (χ2v) is 6.10. The van der Waals surface area contributed by atoms with Crippen molar-refractivity contribution < 1.29 is 9.53 Å². The van der Waals surface area contributed by atoms with Gasteiger partial charge < -0.3 is 14.2 Å². The summed E-state index contributed by atoms with van der Waals surface area (Å²) >= 11 is 0. The molecule has 8 nitrogen and oxygen atoms in total. The second-order valence-electron chi connectivity index (χ2n) is 6.10. The van der Waals surface area contributed by atoms with Gasteiger partial charge >= 0.3 is 0 Å². The Morgan fingerprint density at radius 2 is 2.29 bits per heavy atom. The van der Waals surface area contributed by atoms with Crippen LogP contribution in [0.1, 0.15) is 37.5 Å². The van der Waals surface area contributed by atoms with Gasteiger partial charge in [0.05, 0.1) is 13.2 Å². The Kier molecular flexibility index (Phi) is 4.75. The quantitative estimate of drug-likeness (QED) is 0.890. The summed E-state index contributed by atoms with van der Waals surface area (Å²) in [6, 6.07) is 4.83. The summed E-state index contributed by atoms with van der Waals surface area (Å²) in [7, 11) is 0. The molecule has 24 heavy (non-hydrogen) atoms. The molecule has 3 heterocycles. The van der Waals surface area contributed by atoms with E-state index >= 15 is 0 Å². The molecule has 2 aromatic rings. The van der Waals surface area contributed by atoms with Gasteiger partial charge in [0, 0.05) is 24.7 Å². The maximum atomic E-state index is 12.5. The smallest absolute Gasteiger partial charge is 0.250 e. The minimum atomic E-state index is -0.324.